The van der Waals surface area contributed by atoms with Gasteiger partial charge in [0, 0.05) is 25.8 Å². The molecule has 8 unspecified atom stereocenters. The lowest BCUT2D eigenvalue weighted by atomic mass is 9.44. The van der Waals surface area contributed by atoms with Gasteiger partial charge in [-0.1, -0.05) is 20.8 Å². The molecule has 0 amide bonds. The molecule has 4 fully saturated rings. The van der Waals surface area contributed by atoms with Gasteiger partial charge in [0.05, 0.1) is 18.3 Å². The highest BCUT2D eigenvalue weighted by molar-refractivity contribution is 5.82. The molecule has 0 aliphatic heterocycles. The van der Waals surface area contributed by atoms with Crippen LogP contribution in [0.3, 0.4) is 0 Å². The summed E-state index contributed by atoms with van der Waals surface area (Å²) in [7, 11) is 1.85. The Bertz CT molecular complexity index is 934. The molecule has 180 valence electrons. The van der Waals surface area contributed by atoms with Crippen molar-refractivity contribution in [3.8, 4) is 6.07 Å². The molecule has 0 aromatic carbocycles. The van der Waals surface area contributed by atoms with Gasteiger partial charge < -0.3 is 4.74 Å². The number of nitriles is 1. The van der Waals surface area contributed by atoms with Gasteiger partial charge in [0.15, 0.2) is 5.78 Å². The average molecular weight is 452 g/mol. The number of hydrogen-bond acceptors (Lipinski definition) is 4. The molecule has 0 N–H and O–H groups in total. The van der Waals surface area contributed by atoms with Crippen molar-refractivity contribution in [3.05, 3.63) is 18.0 Å². The number of ether oxygens (including phenoxy) is 1. The van der Waals surface area contributed by atoms with E-state index in [-0.39, 0.29) is 11.3 Å². The van der Waals surface area contributed by atoms with Crippen molar-refractivity contribution in [1.82, 2.24) is 9.78 Å². The average Bonchev–Trinajstić information content (AvgIpc) is 3.34. The van der Waals surface area contributed by atoms with Gasteiger partial charge in [-0.15, -0.1) is 0 Å². The first-order chi connectivity index (χ1) is 15.8. The molecule has 5 heteroatoms. The second kappa shape index (κ2) is 8.52. The fraction of sp³-hybridized carbons (Fsp3) is 0.821. The number of aromatic nitrogens is 2. The Morgan fingerprint density at radius 3 is 2.70 bits per heavy atom. The summed E-state index contributed by atoms with van der Waals surface area (Å²) in [6, 6.07) is 2.12. The van der Waals surface area contributed by atoms with E-state index in [2.05, 4.69) is 31.9 Å². The van der Waals surface area contributed by atoms with Crippen LogP contribution in [0.2, 0.25) is 0 Å². The van der Waals surface area contributed by atoms with Crippen molar-refractivity contribution in [2.24, 2.45) is 52.3 Å². The standard InChI is InChI=1S/C28H41N3O2/c1-18-11-24-22-6-5-21-12-19(17-33-4)7-9-27(21,2)23(22)8-10-28(24,3)26(18)25(32)16-31-15-20(13-29)14-30-31/h14-15,18-19,21-24,26H,5-12,16-17H2,1-4H3/t18-,19?,21?,22?,23?,24?,26?,27?,28?/m1/s1. The lowest BCUT2D eigenvalue weighted by molar-refractivity contribution is -0.139. The van der Waals surface area contributed by atoms with Crippen LogP contribution in [0.25, 0.3) is 0 Å². The number of nitrogens with zero attached hydrogens (tertiary/aromatic N) is 3. The van der Waals surface area contributed by atoms with Gasteiger partial charge in [0.2, 0.25) is 0 Å². The van der Waals surface area contributed by atoms with Crippen LogP contribution < -0.4 is 0 Å². The third-order valence-electron chi connectivity index (χ3n) is 10.9. The van der Waals surface area contributed by atoms with Crippen molar-refractivity contribution in [1.29, 1.82) is 5.26 Å². The van der Waals surface area contributed by atoms with Gasteiger partial charge in [-0.3, -0.25) is 9.48 Å². The van der Waals surface area contributed by atoms with E-state index in [1.807, 2.05) is 7.11 Å². The molecule has 1 aromatic rings. The van der Waals surface area contributed by atoms with Crippen molar-refractivity contribution >= 4 is 5.78 Å². The van der Waals surface area contributed by atoms with E-state index in [0.717, 1.165) is 30.3 Å². The molecule has 5 rings (SSSR count). The summed E-state index contributed by atoms with van der Waals surface area (Å²) in [6.07, 6.45) is 13.7. The first-order valence-corrected chi connectivity index (χ1v) is 13.2. The first-order valence-electron chi connectivity index (χ1n) is 13.2. The van der Waals surface area contributed by atoms with Crippen LogP contribution >= 0.6 is 0 Å². The maximum Gasteiger partial charge on any atom is 0.158 e. The van der Waals surface area contributed by atoms with E-state index in [1.165, 1.54) is 51.4 Å². The number of Topliss-reactive ketones (excluding diaryl/α,β-unsaturated/α-hetero) is 1. The number of hydrogen-bond donors (Lipinski definition) is 0. The molecule has 0 radical (unpaired) electrons. The third kappa shape index (κ3) is 3.68. The van der Waals surface area contributed by atoms with Crippen molar-refractivity contribution in [2.75, 3.05) is 13.7 Å². The summed E-state index contributed by atoms with van der Waals surface area (Å²) in [5.41, 5.74) is 1.11. The summed E-state index contributed by atoms with van der Waals surface area (Å²) < 4.78 is 7.18. The summed E-state index contributed by atoms with van der Waals surface area (Å²) in [6.45, 7) is 8.59. The van der Waals surface area contributed by atoms with E-state index >= 15 is 0 Å². The molecule has 0 bridgehead atoms. The van der Waals surface area contributed by atoms with E-state index in [9.17, 15) is 4.79 Å². The van der Waals surface area contributed by atoms with Gasteiger partial charge >= 0.3 is 0 Å². The lowest BCUT2D eigenvalue weighted by Crippen LogP contribution is -2.54. The molecule has 5 nitrogen and oxygen atoms in total. The zero-order valence-corrected chi connectivity index (χ0v) is 20.9. The van der Waals surface area contributed by atoms with Crippen LogP contribution in [-0.2, 0) is 16.1 Å². The van der Waals surface area contributed by atoms with Crippen LogP contribution in [0.5, 0.6) is 0 Å². The van der Waals surface area contributed by atoms with Gasteiger partial charge in [-0.05, 0) is 97.7 Å². The number of methoxy groups -OCH3 is 1. The van der Waals surface area contributed by atoms with E-state index in [1.54, 1.807) is 17.1 Å². The number of carbonyl (C=O) groups is 1. The van der Waals surface area contributed by atoms with Crippen LogP contribution in [0, 0.1) is 63.6 Å². The largest absolute Gasteiger partial charge is 0.384 e. The molecule has 0 spiro atoms. The number of fused-ring (bicyclic) bond motifs is 5. The SMILES string of the molecule is COCC1CCC2(C)C(CCC3C2CCC2(C)C3C[C@@H](C)C2C(=O)Cn2cc(C#N)cn2)C1. The predicted octanol–water partition coefficient (Wildman–Crippen LogP) is 5.49. The van der Waals surface area contributed by atoms with Crippen LogP contribution in [-0.4, -0.2) is 29.3 Å². The minimum absolute atomic E-state index is 0.110. The monoisotopic (exact) mass is 451 g/mol. The van der Waals surface area contributed by atoms with Crippen molar-refractivity contribution < 1.29 is 9.53 Å². The second-order valence-electron chi connectivity index (χ2n) is 12.5. The normalized spacial score (nSPS) is 44.4. The molecule has 4 saturated carbocycles. The maximum atomic E-state index is 13.6. The van der Waals surface area contributed by atoms with E-state index in [4.69, 9.17) is 10.00 Å². The Morgan fingerprint density at radius 1 is 1.18 bits per heavy atom. The van der Waals surface area contributed by atoms with Gasteiger partial charge in [0.1, 0.15) is 6.07 Å². The van der Waals surface area contributed by atoms with E-state index in [0.29, 0.717) is 35.1 Å². The minimum atomic E-state index is 0.110. The molecule has 1 heterocycles. The number of rotatable bonds is 5. The predicted molar refractivity (Wildman–Crippen MR) is 127 cm³/mol. The first kappa shape index (κ1) is 23.1. The van der Waals surface area contributed by atoms with Gasteiger partial charge in [-0.2, -0.15) is 10.4 Å². The Labute approximate surface area is 199 Å². The summed E-state index contributed by atoms with van der Waals surface area (Å²) in [4.78, 5) is 13.6. The summed E-state index contributed by atoms with van der Waals surface area (Å²) in [5, 5.41) is 13.3. The van der Waals surface area contributed by atoms with Gasteiger partial charge in [0.25, 0.3) is 0 Å². The van der Waals surface area contributed by atoms with Crippen molar-refractivity contribution in [3.63, 3.8) is 0 Å². The zero-order chi connectivity index (χ0) is 23.4. The highest BCUT2D eigenvalue weighted by atomic mass is 16.5. The molecular formula is C28H41N3O2. The van der Waals surface area contributed by atoms with Crippen LogP contribution in [0.15, 0.2) is 12.4 Å². The molecule has 4 aliphatic rings. The Morgan fingerprint density at radius 2 is 1.97 bits per heavy atom. The topological polar surface area (TPSA) is 67.9 Å². The van der Waals surface area contributed by atoms with Crippen LogP contribution in [0.4, 0.5) is 0 Å². The van der Waals surface area contributed by atoms with E-state index < -0.39 is 0 Å². The molecular weight excluding hydrogens is 410 g/mol. The highest BCUT2D eigenvalue weighted by Crippen LogP contribution is 2.68. The molecule has 4 aliphatic carbocycles. The quantitative estimate of drug-likeness (QED) is 0.593. The molecule has 1 aromatic heterocycles. The fourth-order valence-corrected chi connectivity index (χ4v) is 9.55. The Balaban J connectivity index is 1.34. The van der Waals surface area contributed by atoms with Crippen LogP contribution in [0.1, 0.15) is 77.7 Å². The summed E-state index contributed by atoms with van der Waals surface area (Å²) in [5.74, 6) is 4.72. The Kier molecular flexibility index (Phi) is 5.96. The maximum absolute atomic E-state index is 13.6. The number of carbonyl (C=O) groups excluding carboxylic acids is 1. The van der Waals surface area contributed by atoms with Crippen molar-refractivity contribution in [2.45, 2.75) is 78.7 Å². The van der Waals surface area contributed by atoms with Gasteiger partial charge in [-0.25, -0.2) is 0 Å². The molecule has 9 atom stereocenters. The Hall–Kier alpha value is -1.67. The second-order valence-corrected chi connectivity index (χ2v) is 12.5. The minimum Gasteiger partial charge on any atom is -0.384 e. The lowest BCUT2D eigenvalue weighted by Gasteiger charge is -2.61. The zero-order valence-electron chi connectivity index (χ0n) is 20.9. The smallest absolute Gasteiger partial charge is 0.158 e. The fourth-order valence-electron chi connectivity index (χ4n) is 9.55. The third-order valence-corrected chi connectivity index (χ3v) is 10.9. The highest BCUT2D eigenvalue weighted by Gasteiger charge is 2.62. The molecule has 0 saturated heterocycles. The number of ketones is 1. The summed E-state index contributed by atoms with van der Waals surface area (Å²) >= 11 is 0. The molecule has 33 heavy (non-hydrogen) atoms.